The van der Waals surface area contributed by atoms with Crippen molar-refractivity contribution in [1.82, 2.24) is 9.78 Å². The molecule has 0 spiro atoms. The summed E-state index contributed by atoms with van der Waals surface area (Å²) < 4.78 is 1.75. The zero-order chi connectivity index (χ0) is 13.4. The van der Waals surface area contributed by atoms with Gasteiger partial charge in [-0.15, -0.1) is 0 Å². The highest BCUT2D eigenvalue weighted by Crippen LogP contribution is 2.28. The fourth-order valence-electron chi connectivity index (χ4n) is 1.84. The molecule has 0 aliphatic carbocycles. The van der Waals surface area contributed by atoms with Crippen molar-refractivity contribution in [1.29, 1.82) is 0 Å². The van der Waals surface area contributed by atoms with Crippen LogP contribution in [0.1, 0.15) is 29.9 Å². The van der Waals surface area contributed by atoms with Gasteiger partial charge in [-0.2, -0.15) is 5.10 Å². The van der Waals surface area contributed by atoms with Gasteiger partial charge in [-0.3, -0.25) is 0 Å². The number of nitrogens with two attached hydrogens (primary N) is 1. The van der Waals surface area contributed by atoms with Crippen LogP contribution >= 0.6 is 23.2 Å². The Hall–Kier alpha value is -1.03. The lowest BCUT2D eigenvalue weighted by Crippen LogP contribution is -2.06. The van der Waals surface area contributed by atoms with Crippen LogP contribution in [-0.4, -0.2) is 9.78 Å². The molecular weight excluding hydrogens is 269 g/mol. The highest BCUT2D eigenvalue weighted by atomic mass is 35.5. The first-order valence-corrected chi connectivity index (χ1v) is 6.44. The van der Waals surface area contributed by atoms with Crippen molar-refractivity contribution in [2.75, 3.05) is 0 Å². The molecule has 1 aromatic carbocycles. The molecule has 0 aliphatic rings. The molecule has 0 bridgehead atoms. The first-order valence-electron chi connectivity index (χ1n) is 5.69. The van der Waals surface area contributed by atoms with Crippen LogP contribution in [0.15, 0.2) is 18.2 Å². The molecule has 1 atom stereocenters. The van der Waals surface area contributed by atoms with Crippen molar-refractivity contribution in [3.8, 4) is 5.69 Å². The van der Waals surface area contributed by atoms with Crippen molar-refractivity contribution in [3.05, 3.63) is 45.2 Å². The van der Waals surface area contributed by atoms with Crippen LogP contribution in [0.3, 0.4) is 0 Å². The molecule has 0 fully saturated rings. The molecule has 0 radical (unpaired) electrons. The minimum absolute atomic E-state index is 0.0411. The Bertz CT molecular complexity index is 588. The summed E-state index contributed by atoms with van der Waals surface area (Å²) in [6, 6.07) is 5.69. The van der Waals surface area contributed by atoms with E-state index in [4.69, 9.17) is 28.9 Å². The lowest BCUT2D eigenvalue weighted by atomic mass is 10.1. The lowest BCUT2D eigenvalue weighted by molar-refractivity contribution is 0.808. The Labute approximate surface area is 117 Å². The summed E-state index contributed by atoms with van der Waals surface area (Å²) in [4.78, 5) is 0. The first-order chi connectivity index (χ1) is 8.41. The van der Waals surface area contributed by atoms with E-state index in [9.17, 15) is 0 Å². The van der Waals surface area contributed by atoms with E-state index in [-0.39, 0.29) is 6.04 Å². The highest BCUT2D eigenvalue weighted by Gasteiger charge is 2.13. The van der Waals surface area contributed by atoms with Crippen molar-refractivity contribution in [3.63, 3.8) is 0 Å². The number of nitrogens with zero attached hydrogens (tertiary/aromatic N) is 2. The number of hydrogen-bond acceptors (Lipinski definition) is 2. The summed E-state index contributed by atoms with van der Waals surface area (Å²) in [5.74, 6) is 0. The largest absolute Gasteiger partial charge is 0.324 e. The summed E-state index contributed by atoms with van der Waals surface area (Å²) in [6.07, 6.45) is 0. The maximum Gasteiger partial charge on any atom is 0.0848 e. The summed E-state index contributed by atoms with van der Waals surface area (Å²) in [5.41, 5.74) is 9.31. The van der Waals surface area contributed by atoms with Gasteiger partial charge < -0.3 is 5.73 Å². The summed E-state index contributed by atoms with van der Waals surface area (Å²) >= 11 is 12.4. The molecule has 1 aromatic heterocycles. The Balaban J connectivity index is 2.54. The number of hydrogen-bond donors (Lipinski definition) is 1. The second-order valence-corrected chi connectivity index (χ2v) is 5.18. The number of halogens is 2. The van der Waals surface area contributed by atoms with E-state index in [0.29, 0.717) is 10.0 Å². The number of rotatable bonds is 2. The van der Waals surface area contributed by atoms with Gasteiger partial charge in [-0.1, -0.05) is 29.3 Å². The van der Waals surface area contributed by atoms with Crippen LogP contribution in [0.4, 0.5) is 0 Å². The smallest absolute Gasteiger partial charge is 0.0848 e. The molecule has 0 amide bonds. The maximum atomic E-state index is 6.28. The van der Waals surface area contributed by atoms with Crippen molar-refractivity contribution >= 4 is 23.2 Å². The predicted octanol–water partition coefficient (Wildman–Crippen LogP) is 3.82. The SMILES string of the molecule is Cc1nn(-c2ccc(C(C)N)cc2Cl)c(C)c1Cl. The monoisotopic (exact) mass is 283 g/mol. The van der Waals surface area contributed by atoms with Gasteiger partial charge in [0.2, 0.25) is 0 Å². The molecule has 5 heteroatoms. The second kappa shape index (κ2) is 4.92. The molecule has 3 nitrogen and oxygen atoms in total. The number of aryl methyl sites for hydroxylation is 1. The zero-order valence-electron chi connectivity index (χ0n) is 10.5. The number of benzene rings is 1. The Morgan fingerprint density at radius 1 is 1.28 bits per heavy atom. The molecule has 2 aromatic rings. The minimum atomic E-state index is -0.0411. The fraction of sp³-hybridized carbons (Fsp3) is 0.308. The summed E-state index contributed by atoms with van der Waals surface area (Å²) in [5, 5.41) is 5.67. The van der Waals surface area contributed by atoms with E-state index in [1.165, 1.54) is 0 Å². The van der Waals surface area contributed by atoms with Gasteiger partial charge in [0, 0.05) is 6.04 Å². The Morgan fingerprint density at radius 2 is 1.94 bits per heavy atom. The van der Waals surface area contributed by atoms with Crippen LogP contribution in [0, 0.1) is 13.8 Å². The second-order valence-electron chi connectivity index (χ2n) is 4.40. The van der Waals surface area contributed by atoms with E-state index in [1.807, 2.05) is 39.0 Å². The quantitative estimate of drug-likeness (QED) is 0.911. The van der Waals surface area contributed by atoms with Gasteiger partial charge in [0.15, 0.2) is 0 Å². The zero-order valence-corrected chi connectivity index (χ0v) is 12.0. The molecule has 1 heterocycles. The summed E-state index contributed by atoms with van der Waals surface area (Å²) in [6.45, 7) is 5.71. The van der Waals surface area contributed by atoms with Gasteiger partial charge in [-0.05, 0) is 38.5 Å². The third kappa shape index (κ3) is 2.26. The van der Waals surface area contributed by atoms with Gasteiger partial charge >= 0.3 is 0 Å². The van der Waals surface area contributed by atoms with Crippen LogP contribution in [0.2, 0.25) is 10.0 Å². The van der Waals surface area contributed by atoms with Crippen LogP contribution in [0.25, 0.3) is 5.69 Å². The molecule has 96 valence electrons. The molecule has 18 heavy (non-hydrogen) atoms. The Morgan fingerprint density at radius 3 is 2.39 bits per heavy atom. The standard InChI is InChI=1S/C13H15Cl2N3/c1-7(16)10-4-5-12(11(14)6-10)18-9(3)13(15)8(2)17-18/h4-7H,16H2,1-3H3. The van der Waals surface area contributed by atoms with Crippen molar-refractivity contribution < 1.29 is 0 Å². The molecular formula is C13H15Cl2N3. The average molecular weight is 284 g/mol. The molecule has 0 aliphatic heterocycles. The summed E-state index contributed by atoms with van der Waals surface area (Å²) in [7, 11) is 0. The number of aromatic nitrogens is 2. The van der Waals surface area contributed by atoms with Crippen LogP contribution in [0.5, 0.6) is 0 Å². The average Bonchev–Trinajstić information content (AvgIpc) is 2.57. The minimum Gasteiger partial charge on any atom is -0.324 e. The Kier molecular flexibility index (Phi) is 3.66. The van der Waals surface area contributed by atoms with Crippen LogP contribution < -0.4 is 5.73 Å². The van der Waals surface area contributed by atoms with Crippen LogP contribution in [-0.2, 0) is 0 Å². The molecule has 1 unspecified atom stereocenters. The van der Waals surface area contributed by atoms with E-state index >= 15 is 0 Å². The van der Waals surface area contributed by atoms with Gasteiger partial charge in [0.25, 0.3) is 0 Å². The van der Waals surface area contributed by atoms with E-state index < -0.39 is 0 Å². The molecule has 0 saturated carbocycles. The normalized spacial score (nSPS) is 12.8. The predicted molar refractivity (Wildman–Crippen MR) is 75.7 cm³/mol. The van der Waals surface area contributed by atoms with Gasteiger partial charge in [-0.25, -0.2) is 4.68 Å². The molecule has 2 N–H and O–H groups in total. The van der Waals surface area contributed by atoms with Crippen molar-refractivity contribution in [2.24, 2.45) is 5.73 Å². The van der Waals surface area contributed by atoms with E-state index in [2.05, 4.69) is 5.10 Å². The van der Waals surface area contributed by atoms with Gasteiger partial charge in [0.05, 0.1) is 27.1 Å². The molecule has 0 saturated heterocycles. The third-order valence-electron chi connectivity index (χ3n) is 2.93. The molecule has 2 rings (SSSR count). The highest BCUT2D eigenvalue weighted by molar-refractivity contribution is 6.33. The maximum absolute atomic E-state index is 6.28. The van der Waals surface area contributed by atoms with Crippen molar-refractivity contribution in [2.45, 2.75) is 26.8 Å². The third-order valence-corrected chi connectivity index (χ3v) is 3.78. The van der Waals surface area contributed by atoms with E-state index in [1.54, 1.807) is 4.68 Å². The first kappa shape index (κ1) is 13.4. The fourth-order valence-corrected chi connectivity index (χ4v) is 2.22. The topological polar surface area (TPSA) is 43.8 Å². The lowest BCUT2D eigenvalue weighted by Gasteiger charge is -2.11. The van der Waals surface area contributed by atoms with Gasteiger partial charge in [0.1, 0.15) is 0 Å². The van der Waals surface area contributed by atoms with E-state index in [0.717, 1.165) is 22.6 Å².